The van der Waals surface area contributed by atoms with Crippen molar-refractivity contribution in [3.05, 3.63) is 11.1 Å². The van der Waals surface area contributed by atoms with Crippen LogP contribution < -0.4 is 5.73 Å². The van der Waals surface area contributed by atoms with Gasteiger partial charge < -0.3 is 10.5 Å². The van der Waals surface area contributed by atoms with Crippen LogP contribution in [0.15, 0.2) is 11.1 Å². The lowest BCUT2D eigenvalue weighted by atomic mass is 10.8. The average molecular weight is 240 g/mol. The summed E-state index contributed by atoms with van der Waals surface area (Å²) in [4.78, 5) is 10.1. The Hall–Kier alpha value is -0.160. The highest BCUT2D eigenvalue weighted by Gasteiger charge is 1.93. The first-order valence-corrected chi connectivity index (χ1v) is 4.91. The molecule has 2 N–H and O–H groups in total. The van der Waals surface area contributed by atoms with E-state index in [2.05, 4.69) is 27.2 Å². The van der Waals surface area contributed by atoms with Crippen molar-refractivity contribution < 1.29 is 9.53 Å². The third-order valence-electron chi connectivity index (χ3n) is 0.731. The molecule has 0 atom stereocenters. The van der Waals surface area contributed by atoms with E-state index in [-0.39, 0.29) is 0 Å². The molecule has 0 saturated heterocycles. The van der Waals surface area contributed by atoms with E-state index in [1.165, 1.54) is 0 Å². The molecule has 1 amide bonds. The predicted octanol–water partition coefficient (Wildman–Crippen LogP) is 1.72. The molecule has 0 heterocycles. The van der Waals surface area contributed by atoms with Crippen LogP contribution >= 0.6 is 27.7 Å². The van der Waals surface area contributed by atoms with Gasteiger partial charge in [-0.2, -0.15) is 11.8 Å². The molecule has 0 spiro atoms. The van der Waals surface area contributed by atoms with Gasteiger partial charge in [-0.1, -0.05) is 22.5 Å². The Labute approximate surface area is 78.5 Å². The van der Waals surface area contributed by atoms with Gasteiger partial charge in [0.1, 0.15) is 6.61 Å². The molecule has 5 heteroatoms. The van der Waals surface area contributed by atoms with Gasteiger partial charge in [-0.15, -0.1) is 0 Å². The minimum Gasteiger partial charge on any atom is -0.449 e. The van der Waals surface area contributed by atoms with E-state index in [1.54, 1.807) is 11.8 Å². The van der Waals surface area contributed by atoms with E-state index >= 15 is 0 Å². The number of hydrogen-bond donors (Lipinski definition) is 1. The van der Waals surface area contributed by atoms with Gasteiger partial charge in [-0.25, -0.2) is 4.79 Å². The topological polar surface area (TPSA) is 52.3 Å². The van der Waals surface area contributed by atoms with Crippen LogP contribution in [0, 0.1) is 0 Å². The summed E-state index contributed by atoms with van der Waals surface area (Å²) in [6, 6.07) is 0. The summed E-state index contributed by atoms with van der Waals surface area (Å²) in [5.41, 5.74) is 4.74. The molecular weight excluding hydrogens is 230 g/mol. The highest BCUT2D eigenvalue weighted by molar-refractivity contribution is 9.11. The molecule has 0 aliphatic carbocycles. The van der Waals surface area contributed by atoms with E-state index in [4.69, 9.17) is 5.73 Å². The molecular formula is C6H10BrNO2S. The summed E-state index contributed by atoms with van der Waals surface area (Å²) in [5, 5.41) is 0. The zero-order valence-electron chi connectivity index (χ0n) is 6.01. The van der Waals surface area contributed by atoms with Gasteiger partial charge in [0.15, 0.2) is 0 Å². The lowest BCUT2D eigenvalue weighted by Crippen LogP contribution is -2.14. The summed E-state index contributed by atoms with van der Waals surface area (Å²) >= 11 is 4.83. The van der Waals surface area contributed by atoms with Crippen LogP contribution in [-0.4, -0.2) is 24.2 Å². The van der Waals surface area contributed by atoms with Gasteiger partial charge in [0, 0.05) is 11.5 Å². The molecule has 0 unspecified atom stereocenters. The van der Waals surface area contributed by atoms with Crippen molar-refractivity contribution in [3.8, 4) is 0 Å². The van der Waals surface area contributed by atoms with Gasteiger partial charge in [0.25, 0.3) is 0 Å². The normalized spacial score (nSPS) is 9.18. The standard InChI is InChI=1S/C6H10BrNO2S/c1-5(7)4-11-3-2-10-6(8)9/h1-4H2,(H2,8,9). The van der Waals surface area contributed by atoms with Crippen LogP contribution in [0.1, 0.15) is 0 Å². The molecule has 0 aromatic rings. The molecule has 0 aromatic heterocycles. The number of carbonyl (C=O) groups is 1. The van der Waals surface area contributed by atoms with Gasteiger partial charge in [0.2, 0.25) is 0 Å². The van der Waals surface area contributed by atoms with E-state index in [0.29, 0.717) is 6.61 Å². The fourth-order valence-corrected chi connectivity index (χ4v) is 1.44. The first-order chi connectivity index (χ1) is 5.13. The number of carbonyl (C=O) groups excluding carboxylic acids is 1. The number of amides is 1. The van der Waals surface area contributed by atoms with E-state index < -0.39 is 6.09 Å². The van der Waals surface area contributed by atoms with E-state index in [9.17, 15) is 4.79 Å². The zero-order valence-corrected chi connectivity index (χ0v) is 8.41. The van der Waals surface area contributed by atoms with E-state index in [0.717, 1.165) is 16.0 Å². The Balaban J connectivity index is 3.03. The first kappa shape index (κ1) is 10.8. The zero-order chi connectivity index (χ0) is 8.69. The number of nitrogens with two attached hydrogens (primary N) is 1. The largest absolute Gasteiger partial charge is 0.449 e. The summed E-state index contributed by atoms with van der Waals surface area (Å²) < 4.78 is 5.43. The van der Waals surface area contributed by atoms with Crippen molar-refractivity contribution in [2.24, 2.45) is 5.73 Å². The average Bonchev–Trinajstić information content (AvgIpc) is 1.85. The van der Waals surface area contributed by atoms with Crippen molar-refractivity contribution in [2.45, 2.75) is 0 Å². The molecule has 0 fully saturated rings. The molecule has 3 nitrogen and oxygen atoms in total. The van der Waals surface area contributed by atoms with Crippen LogP contribution in [0.2, 0.25) is 0 Å². The Morgan fingerprint density at radius 3 is 2.82 bits per heavy atom. The highest BCUT2D eigenvalue weighted by Crippen LogP contribution is 2.10. The van der Waals surface area contributed by atoms with Crippen LogP contribution in [0.3, 0.4) is 0 Å². The number of halogens is 1. The summed E-state index contributed by atoms with van der Waals surface area (Å²) in [6.45, 7) is 4.01. The second kappa shape index (κ2) is 6.54. The van der Waals surface area contributed by atoms with E-state index in [1.807, 2.05) is 0 Å². The first-order valence-electron chi connectivity index (χ1n) is 2.96. The molecule has 11 heavy (non-hydrogen) atoms. The van der Waals surface area contributed by atoms with Crippen LogP contribution in [0.5, 0.6) is 0 Å². The lowest BCUT2D eigenvalue weighted by molar-refractivity contribution is 0.164. The van der Waals surface area contributed by atoms with Crippen molar-refractivity contribution in [1.29, 1.82) is 0 Å². The second-order valence-electron chi connectivity index (χ2n) is 1.74. The van der Waals surface area contributed by atoms with Gasteiger partial charge in [0.05, 0.1) is 0 Å². The maximum absolute atomic E-state index is 10.1. The monoisotopic (exact) mass is 239 g/mol. The smallest absolute Gasteiger partial charge is 0.404 e. The van der Waals surface area contributed by atoms with Crippen molar-refractivity contribution >= 4 is 33.8 Å². The third kappa shape index (κ3) is 9.84. The van der Waals surface area contributed by atoms with Crippen LogP contribution in [-0.2, 0) is 4.74 Å². The molecule has 0 bridgehead atoms. The van der Waals surface area contributed by atoms with Crippen molar-refractivity contribution in [2.75, 3.05) is 18.1 Å². The lowest BCUT2D eigenvalue weighted by Gasteiger charge is -1.99. The van der Waals surface area contributed by atoms with Crippen molar-refractivity contribution in [3.63, 3.8) is 0 Å². The molecule has 0 aliphatic heterocycles. The summed E-state index contributed by atoms with van der Waals surface area (Å²) in [7, 11) is 0. The Kier molecular flexibility index (Phi) is 6.45. The predicted molar refractivity (Wildman–Crippen MR) is 50.9 cm³/mol. The Bertz CT molecular complexity index is 136. The van der Waals surface area contributed by atoms with Crippen molar-refractivity contribution in [1.82, 2.24) is 0 Å². The van der Waals surface area contributed by atoms with Gasteiger partial charge in [-0.3, -0.25) is 0 Å². The maximum atomic E-state index is 10.1. The minimum absolute atomic E-state index is 0.361. The number of thioether (sulfide) groups is 1. The fourth-order valence-electron chi connectivity index (χ4n) is 0.384. The SMILES string of the molecule is C=C(Br)CSCCOC(N)=O. The molecule has 0 aromatic carbocycles. The maximum Gasteiger partial charge on any atom is 0.404 e. The molecule has 0 saturated carbocycles. The van der Waals surface area contributed by atoms with Gasteiger partial charge in [-0.05, 0) is 4.48 Å². The molecule has 64 valence electrons. The quantitative estimate of drug-likeness (QED) is 0.744. The number of rotatable bonds is 5. The van der Waals surface area contributed by atoms with Gasteiger partial charge >= 0.3 is 6.09 Å². The molecule has 0 rings (SSSR count). The highest BCUT2D eigenvalue weighted by atomic mass is 79.9. The Morgan fingerprint density at radius 1 is 1.73 bits per heavy atom. The number of primary amides is 1. The van der Waals surface area contributed by atoms with Crippen LogP contribution in [0.25, 0.3) is 0 Å². The Morgan fingerprint density at radius 2 is 2.36 bits per heavy atom. The summed E-state index contributed by atoms with van der Waals surface area (Å²) in [6.07, 6.45) is -0.719. The number of hydrogen-bond acceptors (Lipinski definition) is 3. The molecule has 0 aliphatic rings. The van der Waals surface area contributed by atoms with Crippen LogP contribution in [0.4, 0.5) is 4.79 Å². The molecule has 0 radical (unpaired) electrons. The summed E-state index contributed by atoms with van der Waals surface area (Å²) in [5.74, 6) is 1.57. The third-order valence-corrected chi connectivity index (χ3v) is 2.39. The fraction of sp³-hybridized carbons (Fsp3) is 0.500. The second-order valence-corrected chi connectivity index (χ2v) is 3.96. The number of ether oxygens (including phenoxy) is 1. The minimum atomic E-state index is -0.719.